The van der Waals surface area contributed by atoms with Crippen LogP contribution in [0.1, 0.15) is 39.0 Å². The summed E-state index contributed by atoms with van der Waals surface area (Å²) in [7, 11) is 0. The average Bonchev–Trinajstić information content (AvgIpc) is 2.17. The van der Waals surface area contributed by atoms with Gasteiger partial charge < -0.3 is 5.11 Å². The van der Waals surface area contributed by atoms with E-state index in [0.717, 1.165) is 4.48 Å². The van der Waals surface area contributed by atoms with Crippen molar-refractivity contribution in [2.24, 2.45) is 11.8 Å². The molecule has 0 saturated heterocycles. The summed E-state index contributed by atoms with van der Waals surface area (Å²) >= 11 is 3.35. The molecule has 2 atom stereocenters. The maximum atomic E-state index is 10.0. The number of aliphatic hydroxyl groups excluding tert-OH is 1. The minimum atomic E-state index is -0.202. The van der Waals surface area contributed by atoms with Gasteiger partial charge in [-0.05, 0) is 23.2 Å². The fourth-order valence-electron chi connectivity index (χ4n) is 2.07. The molecule has 2 heteroatoms. The van der Waals surface area contributed by atoms with Crippen LogP contribution < -0.4 is 0 Å². The van der Waals surface area contributed by atoms with E-state index >= 15 is 0 Å². The van der Waals surface area contributed by atoms with E-state index in [4.69, 9.17) is 0 Å². The van der Waals surface area contributed by atoms with E-state index in [9.17, 15) is 5.11 Å². The minimum absolute atomic E-state index is 0.183. The molecule has 1 aliphatic carbocycles. The molecular formula is C11H19BrO. The largest absolute Gasteiger partial charge is 0.392 e. The third kappa shape index (κ3) is 3.10. The molecule has 0 aliphatic heterocycles. The Morgan fingerprint density at radius 3 is 2.38 bits per heavy atom. The minimum Gasteiger partial charge on any atom is -0.392 e. The van der Waals surface area contributed by atoms with Crippen LogP contribution in [0.25, 0.3) is 0 Å². The van der Waals surface area contributed by atoms with Gasteiger partial charge in [-0.3, -0.25) is 0 Å². The molecule has 1 saturated carbocycles. The molecule has 0 radical (unpaired) electrons. The van der Waals surface area contributed by atoms with Crippen LogP contribution in [0.2, 0.25) is 0 Å². The van der Waals surface area contributed by atoms with Crippen molar-refractivity contribution < 1.29 is 5.11 Å². The van der Waals surface area contributed by atoms with E-state index in [2.05, 4.69) is 22.5 Å². The highest BCUT2D eigenvalue weighted by Gasteiger charge is 2.26. The topological polar surface area (TPSA) is 20.2 Å². The van der Waals surface area contributed by atoms with E-state index in [1.165, 1.54) is 32.1 Å². The molecule has 0 spiro atoms. The van der Waals surface area contributed by atoms with Gasteiger partial charge in [0.05, 0.1) is 6.10 Å². The third-order valence-electron chi connectivity index (χ3n) is 3.14. The van der Waals surface area contributed by atoms with E-state index in [1.807, 2.05) is 6.92 Å². The van der Waals surface area contributed by atoms with Crippen LogP contribution in [0, 0.1) is 11.8 Å². The molecule has 0 aromatic rings. The molecule has 0 heterocycles. The van der Waals surface area contributed by atoms with Gasteiger partial charge in [-0.1, -0.05) is 48.7 Å². The summed E-state index contributed by atoms with van der Waals surface area (Å²) in [6, 6.07) is 0. The molecule has 0 amide bonds. The van der Waals surface area contributed by atoms with Crippen LogP contribution >= 0.6 is 15.9 Å². The lowest BCUT2D eigenvalue weighted by atomic mass is 9.81. The first kappa shape index (κ1) is 11.3. The van der Waals surface area contributed by atoms with Crippen LogP contribution in [0.15, 0.2) is 11.1 Å². The highest BCUT2D eigenvalue weighted by molar-refractivity contribution is 9.11. The Bertz CT molecular complexity index is 173. The molecule has 76 valence electrons. The fraction of sp³-hybridized carbons (Fsp3) is 0.818. The summed E-state index contributed by atoms with van der Waals surface area (Å²) in [5, 5.41) is 10.0. The number of aliphatic hydroxyl groups is 1. The summed E-state index contributed by atoms with van der Waals surface area (Å²) < 4.78 is 0.922. The molecule has 1 nitrogen and oxygen atoms in total. The highest BCUT2D eigenvalue weighted by Crippen LogP contribution is 2.32. The molecule has 0 aromatic carbocycles. The molecule has 0 bridgehead atoms. The van der Waals surface area contributed by atoms with Gasteiger partial charge in [-0.25, -0.2) is 0 Å². The van der Waals surface area contributed by atoms with Gasteiger partial charge in [-0.2, -0.15) is 0 Å². The second-order valence-electron chi connectivity index (χ2n) is 4.12. The second-order valence-corrected chi connectivity index (χ2v) is 5.14. The van der Waals surface area contributed by atoms with Crippen molar-refractivity contribution in [3.63, 3.8) is 0 Å². The van der Waals surface area contributed by atoms with Gasteiger partial charge in [0.2, 0.25) is 0 Å². The van der Waals surface area contributed by atoms with Crippen molar-refractivity contribution in [2.45, 2.75) is 45.1 Å². The lowest BCUT2D eigenvalue weighted by Gasteiger charge is -2.30. The van der Waals surface area contributed by atoms with E-state index in [-0.39, 0.29) is 12.0 Å². The number of halogens is 1. The van der Waals surface area contributed by atoms with Crippen LogP contribution in [0.3, 0.4) is 0 Å². The zero-order valence-electron chi connectivity index (χ0n) is 8.30. The fourth-order valence-corrected chi connectivity index (χ4v) is 2.34. The predicted octanol–water partition coefficient (Wildman–Crippen LogP) is 3.47. The number of hydrogen-bond donors (Lipinski definition) is 1. The van der Waals surface area contributed by atoms with Crippen LogP contribution in [0.5, 0.6) is 0 Å². The molecule has 1 fully saturated rings. The number of rotatable bonds is 3. The third-order valence-corrected chi connectivity index (χ3v) is 3.86. The van der Waals surface area contributed by atoms with Crippen molar-refractivity contribution in [1.29, 1.82) is 0 Å². The Labute approximate surface area is 89.4 Å². The molecule has 0 unspecified atom stereocenters. The maximum absolute atomic E-state index is 10.0. The van der Waals surface area contributed by atoms with E-state index < -0.39 is 0 Å². The quantitative estimate of drug-likeness (QED) is 0.809. The smallest absolute Gasteiger partial charge is 0.0639 e. The van der Waals surface area contributed by atoms with Crippen molar-refractivity contribution in [3.05, 3.63) is 11.1 Å². The summed E-state index contributed by atoms with van der Waals surface area (Å²) in [6.45, 7) is 5.87. The van der Waals surface area contributed by atoms with Gasteiger partial charge in [0.15, 0.2) is 0 Å². The molecule has 13 heavy (non-hydrogen) atoms. The van der Waals surface area contributed by atoms with E-state index in [0.29, 0.717) is 5.92 Å². The van der Waals surface area contributed by atoms with Gasteiger partial charge in [-0.15, -0.1) is 0 Å². The first-order valence-electron chi connectivity index (χ1n) is 5.15. The Morgan fingerprint density at radius 2 is 1.92 bits per heavy atom. The van der Waals surface area contributed by atoms with Crippen molar-refractivity contribution in [2.75, 3.05) is 0 Å². The maximum Gasteiger partial charge on any atom is 0.0639 e. The zero-order chi connectivity index (χ0) is 9.84. The van der Waals surface area contributed by atoms with E-state index in [1.54, 1.807) is 0 Å². The monoisotopic (exact) mass is 246 g/mol. The molecule has 0 aromatic heterocycles. The highest BCUT2D eigenvalue weighted by atomic mass is 79.9. The van der Waals surface area contributed by atoms with Gasteiger partial charge in [0.25, 0.3) is 0 Å². The van der Waals surface area contributed by atoms with Gasteiger partial charge in [0.1, 0.15) is 0 Å². The van der Waals surface area contributed by atoms with Crippen molar-refractivity contribution in [1.82, 2.24) is 0 Å². The number of hydrogen-bond acceptors (Lipinski definition) is 1. The average molecular weight is 247 g/mol. The Hall–Kier alpha value is 0.180. The normalized spacial score (nSPS) is 23.9. The zero-order valence-corrected chi connectivity index (χ0v) is 9.89. The summed E-state index contributed by atoms with van der Waals surface area (Å²) in [6.07, 6.45) is 6.07. The standard InChI is InChI=1S/C11H19BrO/c1-8(9(2)12)11(13)10-6-4-3-5-7-10/h8,10-11,13H,2-7H2,1H3/t8-,11-/m1/s1. The first-order valence-corrected chi connectivity index (χ1v) is 5.94. The molecular weight excluding hydrogens is 228 g/mol. The molecule has 1 rings (SSSR count). The van der Waals surface area contributed by atoms with Crippen molar-refractivity contribution >= 4 is 15.9 Å². The Morgan fingerprint density at radius 1 is 1.38 bits per heavy atom. The van der Waals surface area contributed by atoms with Gasteiger partial charge in [0, 0.05) is 5.92 Å². The van der Waals surface area contributed by atoms with Crippen LogP contribution in [-0.4, -0.2) is 11.2 Å². The first-order chi connectivity index (χ1) is 6.13. The summed E-state index contributed by atoms with van der Waals surface area (Å²) in [4.78, 5) is 0. The summed E-state index contributed by atoms with van der Waals surface area (Å²) in [5.41, 5.74) is 0. The predicted molar refractivity (Wildman–Crippen MR) is 59.8 cm³/mol. The lowest BCUT2D eigenvalue weighted by molar-refractivity contribution is 0.0549. The van der Waals surface area contributed by atoms with Crippen LogP contribution in [-0.2, 0) is 0 Å². The Balaban J connectivity index is 2.44. The Kier molecular flexibility index (Phi) is 4.47. The molecule has 1 N–H and O–H groups in total. The lowest BCUT2D eigenvalue weighted by Crippen LogP contribution is -2.29. The van der Waals surface area contributed by atoms with Crippen molar-refractivity contribution in [3.8, 4) is 0 Å². The SMILES string of the molecule is C=C(Br)[C@@H](C)[C@@H](O)C1CCCCC1. The van der Waals surface area contributed by atoms with Gasteiger partial charge >= 0.3 is 0 Å². The molecule has 1 aliphatic rings. The summed E-state index contributed by atoms with van der Waals surface area (Å²) in [5.74, 6) is 0.682. The van der Waals surface area contributed by atoms with Crippen LogP contribution in [0.4, 0.5) is 0 Å². The second kappa shape index (κ2) is 5.16.